The quantitative estimate of drug-likeness (QED) is 0.399. The second kappa shape index (κ2) is 13.9. The largest absolute Gasteiger partial charge is 0.497 e. The summed E-state index contributed by atoms with van der Waals surface area (Å²) in [4.78, 5) is 28.4. The number of nitrogens with zero attached hydrogens (tertiary/aromatic N) is 2. The molecule has 0 saturated heterocycles. The molecule has 0 heterocycles. The highest BCUT2D eigenvalue weighted by Gasteiger charge is 2.32. The summed E-state index contributed by atoms with van der Waals surface area (Å²) in [7, 11) is -2.31. The number of amides is 2. The molecule has 0 fully saturated rings. The van der Waals surface area contributed by atoms with E-state index in [4.69, 9.17) is 9.47 Å². The van der Waals surface area contributed by atoms with Gasteiger partial charge in [-0.15, -0.1) is 0 Å². The molecule has 0 aromatic heterocycles. The van der Waals surface area contributed by atoms with Crippen LogP contribution in [0.15, 0.2) is 48.5 Å². The zero-order chi connectivity index (χ0) is 27.6. The molecule has 2 amide bonds. The summed E-state index contributed by atoms with van der Waals surface area (Å²) in [5.41, 5.74) is 1.02. The van der Waals surface area contributed by atoms with Crippen molar-refractivity contribution < 1.29 is 27.5 Å². The lowest BCUT2D eigenvalue weighted by Crippen LogP contribution is -2.52. The second-order valence-electron chi connectivity index (χ2n) is 9.11. The molecule has 1 atom stereocenters. The van der Waals surface area contributed by atoms with Gasteiger partial charge < -0.3 is 19.7 Å². The maximum absolute atomic E-state index is 13.8. The van der Waals surface area contributed by atoms with Gasteiger partial charge in [0.15, 0.2) is 0 Å². The number of benzene rings is 2. The number of hydrogen-bond acceptors (Lipinski definition) is 6. The predicted molar refractivity (Wildman–Crippen MR) is 145 cm³/mol. The first-order chi connectivity index (χ1) is 17.5. The number of nitrogens with one attached hydrogen (secondary N) is 1. The minimum Gasteiger partial charge on any atom is -0.497 e. The van der Waals surface area contributed by atoms with Gasteiger partial charge in [-0.3, -0.25) is 13.9 Å². The van der Waals surface area contributed by atoms with Crippen LogP contribution in [0.5, 0.6) is 11.5 Å². The van der Waals surface area contributed by atoms with Crippen molar-refractivity contribution in [3.63, 3.8) is 0 Å². The van der Waals surface area contributed by atoms with Crippen molar-refractivity contribution in [3.05, 3.63) is 54.1 Å². The monoisotopic (exact) mass is 533 g/mol. The van der Waals surface area contributed by atoms with E-state index in [0.29, 0.717) is 31.1 Å². The van der Waals surface area contributed by atoms with Crippen LogP contribution in [-0.2, 0) is 26.2 Å². The molecule has 0 spiro atoms. The topological polar surface area (TPSA) is 105 Å². The lowest BCUT2D eigenvalue weighted by Gasteiger charge is -2.33. The van der Waals surface area contributed by atoms with Gasteiger partial charge in [-0.25, -0.2) is 8.42 Å². The molecular weight excluding hydrogens is 494 g/mol. The predicted octanol–water partition coefficient (Wildman–Crippen LogP) is 3.44. The number of para-hydroxylation sites is 2. The van der Waals surface area contributed by atoms with Crippen LogP contribution in [-0.4, -0.2) is 64.2 Å². The zero-order valence-electron chi connectivity index (χ0n) is 22.6. The van der Waals surface area contributed by atoms with Crippen molar-refractivity contribution in [1.82, 2.24) is 10.2 Å². The molecule has 10 heteroatoms. The maximum atomic E-state index is 13.8. The molecule has 204 valence electrons. The molecule has 2 aromatic rings. The van der Waals surface area contributed by atoms with Crippen LogP contribution in [0.2, 0.25) is 0 Å². The summed E-state index contributed by atoms with van der Waals surface area (Å²) in [5, 5.41) is 2.91. The maximum Gasteiger partial charge on any atom is 0.244 e. The lowest BCUT2D eigenvalue weighted by molar-refractivity contribution is -0.140. The average molecular weight is 534 g/mol. The minimum absolute atomic E-state index is 0.106. The molecule has 0 unspecified atom stereocenters. The van der Waals surface area contributed by atoms with Crippen molar-refractivity contribution in [2.24, 2.45) is 5.92 Å². The summed E-state index contributed by atoms with van der Waals surface area (Å²) in [6.07, 6.45) is 1.40. The summed E-state index contributed by atoms with van der Waals surface area (Å²) >= 11 is 0. The SMILES string of the molecule is CCOc1ccccc1N(CC(=O)N(Cc1cccc(OC)c1)[C@H](CC)C(=O)NCC(C)C)S(C)(=O)=O. The van der Waals surface area contributed by atoms with Gasteiger partial charge in [0.2, 0.25) is 21.8 Å². The Labute approximate surface area is 220 Å². The van der Waals surface area contributed by atoms with E-state index in [0.717, 1.165) is 16.1 Å². The van der Waals surface area contributed by atoms with Gasteiger partial charge in [0.25, 0.3) is 0 Å². The average Bonchev–Trinajstić information content (AvgIpc) is 2.86. The summed E-state index contributed by atoms with van der Waals surface area (Å²) in [5.74, 6) is 0.411. The fourth-order valence-corrected chi connectivity index (χ4v) is 4.70. The molecule has 2 aromatic carbocycles. The minimum atomic E-state index is -3.86. The van der Waals surface area contributed by atoms with Crippen LogP contribution >= 0.6 is 0 Å². The lowest BCUT2D eigenvalue weighted by atomic mass is 10.1. The van der Waals surface area contributed by atoms with E-state index in [2.05, 4.69) is 5.32 Å². The first-order valence-electron chi connectivity index (χ1n) is 12.4. The summed E-state index contributed by atoms with van der Waals surface area (Å²) in [6, 6.07) is 13.1. The highest BCUT2D eigenvalue weighted by molar-refractivity contribution is 7.92. The highest BCUT2D eigenvalue weighted by atomic mass is 32.2. The number of carbonyl (C=O) groups is 2. The number of ether oxygens (including phenoxy) is 2. The molecule has 37 heavy (non-hydrogen) atoms. The Bertz CT molecular complexity index is 1150. The molecule has 1 N–H and O–H groups in total. The third-order valence-electron chi connectivity index (χ3n) is 5.67. The third-order valence-corrected chi connectivity index (χ3v) is 6.80. The van der Waals surface area contributed by atoms with E-state index in [-0.39, 0.29) is 24.1 Å². The highest BCUT2D eigenvalue weighted by Crippen LogP contribution is 2.30. The first-order valence-corrected chi connectivity index (χ1v) is 14.3. The van der Waals surface area contributed by atoms with Gasteiger partial charge in [0.1, 0.15) is 24.1 Å². The Kier molecular flexibility index (Phi) is 11.2. The van der Waals surface area contributed by atoms with Crippen molar-refractivity contribution >= 4 is 27.5 Å². The van der Waals surface area contributed by atoms with Crippen LogP contribution in [0.1, 0.15) is 39.7 Å². The molecule has 2 rings (SSSR count). The number of carbonyl (C=O) groups excluding carboxylic acids is 2. The number of methoxy groups -OCH3 is 1. The van der Waals surface area contributed by atoms with Gasteiger partial charge in [0.05, 0.1) is 25.7 Å². The molecule has 0 aliphatic heterocycles. The summed E-state index contributed by atoms with van der Waals surface area (Å²) in [6.45, 7) is 8.01. The van der Waals surface area contributed by atoms with Gasteiger partial charge in [0, 0.05) is 13.1 Å². The van der Waals surface area contributed by atoms with Crippen molar-refractivity contribution in [2.45, 2.75) is 46.7 Å². The van der Waals surface area contributed by atoms with Crippen LogP contribution in [0.3, 0.4) is 0 Å². The first kappa shape index (κ1) is 30.0. The Morgan fingerprint density at radius 3 is 2.35 bits per heavy atom. The van der Waals surface area contributed by atoms with E-state index >= 15 is 0 Å². The van der Waals surface area contributed by atoms with Crippen LogP contribution in [0.4, 0.5) is 5.69 Å². The molecule has 0 aliphatic rings. The van der Waals surface area contributed by atoms with Crippen LogP contribution < -0.4 is 19.1 Å². The van der Waals surface area contributed by atoms with E-state index in [1.54, 1.807) is 56.5 Å². The number of anilines is 1. The Hall–Kier alpha value is -3.27. The number of rotatable bonds is 14. The van der Waals surface area contributed by atoms with Crippen molar-refractivity contribution in [1.29, 1.82) is 0 Å². The fourth-order valence-electron chi connectivity index (χ4n) is 3.85. The Morgan fingerprint density at radius 2 is 1.76 bits per heavy atom. The molecule has 0 bridgehead atoms. The molecule has 9 nitrogen and oxygen atoms in total. The smallest absolute Gasteiger partial charge is 0.244 e. The molecule has 0 radical (unpaired) electrons. The Morgan fingerprint density at radius 1 is 1.05 bits per heavy atom. The molecule has 0 aliphatic carbocycles. The van der Waals surface area contributed by atoms with Crippen molar-refractivity contribution in [3.8, 4) is 11.5 Å². The van der Waals surface area contributed by atoms with Crippen LogP contribution in [0.25, 0.3) is 0 Å². The van der Waals surface area contributed by atoms with Gasteiger partial charge in [-0.05, 0) is 49.1 Å². The van der Waals surface area contributed by atoms with Gasteiger partial charge in [-0.2, -0.15) is 0 Å². The fraction of sp³-hybridized carbons (Fsp3) is 0.481. The standard InChI is InChI=1S/C27H39N3O6S/c1-7-23(27(32)28-17-20(3)4)29(18-21-12-11-13-22(16-21)35-5)26(31)19-30(37(6,33)34)24-14-9-10-15-25(24)36-8-2/h9-16,20,23H,7-8,17-19H2,1-6H3,(H,28,32)/t23-/m1/s1. The number of hydrogen-bond donors (Lipinski definition) is 1. The van der Waals surface area contributed by atoms with E-state index in [9.17, 15) is 18.0 Å². The molecular formula is C27H39N3O6S. The van der Waals surface area contributed by atoms with Crippen molar-refractivity contribution in [2.75, 3.05) is 37.4 Å². The normalized spacial score (nSPS) is 12.1. The van der Waals surface area contributed by atoms with Gasteiger partial charge in [-0.1, -0.05) is 45.0 Å². The molecule has 0 saturated carbocycles. The summed E-state index contributed by atoms with van der Waals surface area (Å²) < 4.78 is 37.7. The Balaban J connectivity index is 2.48. The number of sulfonamides is 1. The van der Waals surface area contributed by atoms with E-state index in [1.165, 1.54) is 4.90 Å². The third kappa shape index (κ3) is 8.66. The van der Waals surface area contributed by atoms with Gasteiger partial charge >= 0.3 is 0 Å². The van der Waals surface area contributed by atoms with Crippen LogP contribution in [0, 0.1) is 5.92 Å². The second-order valence-corrected chi connectivity index (χ2v) is 11.0. The van der Waals surface area contributed by atoms with E-state index < -0.39 is 28.5 Å². The zero-order valence-corrected chi connectivity index (χ0v) is 23.4. The van der Waals surface area contributed by atoms with E-state index in [1.807, 2.05) is 26.8 Å².